The molecule has 2 atom stereocenters. The summed E-state index contributed by atoms with van der Waals surface area (Å²) in [5.41, 5.74) is 1.65. The van der Waals surface area contributed by atoms with Crippen LogP contribution in [0.1, 0.15) is 25.3 Å². The van der Waals surface area contributed by atoms with Crippen molar-refractivity contribution in [2.45, 2.75) is 25.2 Å². The molecule has 0 bridgehead atoms. The van der Waals surface area contributed by atoms with E-state index in [0.29, 0.717) is 12.5 Å². The van der Waals surface area contributed by atoms with Crippen LogP contribution in [0.4, 0.5) is 0 Å². The van der Waals surface area contributed by atoms with E-state index in [0.717, 1.165) is 12.2 Å². The molecule has 2 unspecified atom stereocenters. The first-order valence-electron chi connectivity index (χ1n) is 5.46. The summed E-state index contributed by atoms with van der Waals surface area (Å²) in [6.07, 6.45) is 2.11. The van der Waals surface area contributed by atoms with Crippen molar-refractivity contribution in [3.8, 4) is 5.75 Å². The van der Waals surface area contributed by atoms with Gasteiger partial charge in [-0.25, -0.2) is 0 Å². The van der Waals surface area contributed by atoms with Crippen LogP contribution in [0.25, 0.3) is 0 Å². The molecule has 0 aromatic heterocycles. The molecule has 1 aromatic rings. The summed E-state index contributed by atoms with van der Waals surface area (Å²) in [7, 11) is 1.68. The topological polar surface area (TPSA) is 29.5 Å². The van der Waals surface area contributed by atoms with Crippen molar-refractivity contribution in [2.24, 2.45) is 5.92 Å². The molecule has 15 heavy (non-hydrogen) atoms. The third-order valence-electron chi connectivity index (χ3n) is 3.64. The van der Waals surface area contributed by atoms with Crippen LogP contribution in [0, 0.1) is 5.92 Å². The minimum absolute atomic E-state index is 0.287. The van der Waals surface area contributed by atoms with Crippen LogP contribution >= 0.6 is 0 Å². The third-order valence-corrected chi connectivity index (χ3v) is 3.64. The van der Waals surface area contributed by atoms with E-state index in [1.807, 2.05) is 12.1 Å². The first-order chi connectivity index (χ1) is 7.20. The highest BCUT2D eigenvalue weighted by Crippen LogP contribution is 2.55. The smallest absolute Gasteiger partial charge is 0.118 e. The molecule has 0 saturated heterocycles. The molecule has 0 aliphatic heterocycles. The number of hydrogen-bond acceptors (Lipinski definition) is 2. The average molecular weight is 206 g/mol. The lowest BCUT2D eigenvalue weighted by Crippen LogP contribution is -2.05. The molecular weight excluding hydrogens is 188 g/mol. The average Bonchev–Trinajstić information content (AvgIpc) is 2.92. The number of aliphatic hydroxyl groups is 1. The van der Waals surface area contributed by atoms with Gasteiger partial charge in [-0.3, -0.25) is 0 Å². The molecule has 1 aliphatic carbocycles. The summed E-state index contributed by atoms with van der Waals surface area (Å²) in [5, 5.41) is 8.92. The van der Waals surface area contributed by atoms with Crippen LogP contribution in [0.3, 0.4) is 0 Å². The van der Waals surface area contributed by atoms with Crippen molar-refractivity contribution in [1.29, 1.82) is 0 Å². The Balaban J connectivity index is 2.10. The van der Waals surface area contributed by atoms with Crippen LogP contribution in [0.15, 0.2) is 24.3 Å². The quantitative estimate of drug-likeness (QED) is 0.819. The molecule has 1 aromatic carbocycles. The number of rotatable bonds is 4. The van der Waals surface area contributed by atoms with Gasteiger partial charge in [-0.1, -0.05) is 19.1 Å². The maximum Gasteiger partial charge on any atom is 0.118 e. The Morgan fingerprint density at radius 1 is 1.40 bits per heavy atom. The summed E-state index contributed by atoms with van der Waals surface area (Å²) in [5.74, 6) is 1.55. The van der Waals surface area contributed by atoms with Crippen molar-refractivity contribution >= 4 is 0 Å². The minimum atomic E-state index is 0.287. The molecule has 2 heteroatoms. The van der Waals surface area contributed by atoms with Crippen molar-refractivity contribution in [3.05, 3.63) is 29.8 Å². The SMILES string of the molecule is COc1ccc(C2(C)CC2CCO)cc1. The van der Waals surface area contributed by atoms with Gasteiger partial charge < -0.3 is 9.84 Å². The minimum Gasteiger partial charge on any atom is -0.497 e. The molecule has 1 saturated carbocycles. The van der Waals surface area contributed by atoms with E-state index >= 15 is 0 Å². The van der Waals surface area contributed by atoms with Crippen LogP contribution in [-0.4, -0.2) is 18.8 Å². The van der Waals surface area contributed by atoms with Gasteiger partial charge in [0.05, 0.1) is 7.11 Å². The summed E-state index contributed by atoms with van der Waals surface area (Å²) >= 11 is 0. The van der Waals surface area contributed by atoms with Gasteiger partial charge in [0, 0.05) is 6.61 Å². The summed E-state index contributed by atoms with van der Waals surface area (Å²) < 4.78 is 5.14. The fourth-order valence-corrected chi connectivity index (χ4v) is 2.35. The van der Waals surface area contributed by atoms with Gasteiger partial charge in [-0.05, 0) is 41.9 Å². The molecule has 1 N–H and O–H groups in total. The molecule has 0 amide bonds. The summed E-state index contributed by atoms with van der Waals surface area (Å²) in [6, 6.07) is 8.29. The molecule has 1 aliphatic rings. The van der Waals surface area contributed by atoms with Crippen LogP contribution < -0.4 is 4.74 Å². The normalized spacial score (nSPS) is 28.9. The second-order valence-corrected chi connectivity index (χ2v) is 4.56. The van der Waals surface area contributed by atoms with E-state index in [9.17, 15) is 0 Å². The fraction of sp³-hybridized carbons (Fsp3) is 0.538. The number of methoxy groups -OCH3 is 1. The second kappa shape index (κ2) is 3.86. The number of ether oxygens (including phenoxy) is 1. The third kappa shape index (κ3) is 1.86. The van der Waals surface area contributed by atoms with Crippen LogP contribution in [-0.2, 0) is 5.41 Å². The Morgan fingerprint density at radius 3 is 2.60 bits per heavy atom. The lowest BCUT2D eigenvalue weighted by Gasteiger charge is -2.12. The Labute approximate surface area is 90.9 Å². The van der Waals surface area contributed by atoms with Gasteiger partial charge in [-0.2, -0.15) is 0 Å². The standard InChI is InChI=1S/C13H18O2/c1-13(9-11(13)7-8-14)10-3-5-12(15-2)6-4-10/h3-6,11,14H,7-9H2,1-2H3. The number of hydrogen-bond donors (Lipinski definition) is 1. The molecule has 1 fully saturated rings. The van der Waals surface area contributed by atoms with E-state index < -0.39 is 0 Å². The summed E-state index contributed by atoms with van der Waals surface area (Å²) in [6.45, 7) is 2.57. The molecular formula is C13H18O2. The largest absolute Gasteiger partial charge is 0.497 e. The van der Waals surface area contributed by atoms with Gasteiger partial charge >= 0.3 is 0 Å². The second-order valence-electron chi connectivity index (χ2n) is 4.56. The molecule has 0 spiro atoms. The maximum atomic E-state index is 8.92. The zero-order valence-corrected chi connectivity index (χ0v) is 9.36. The van der Waals surface area contributed by atoms with Gasteiger partial charge in [0.1, 0.15) is 5.75 Å². The zero-order valence-electron chi connectivity index (χ0n) is 9.36. The fourth-order valence-electron chi connectivity index (χ4n) is 2.35. The Kier molecular flexibility index (Phi) is 2.70. The Bertz CT molecular complexity index is 331. The first-order valence-corrected chi connectivity index (χ1v) is 5.46. The Morgan fingerprint density at radius 2 is 2.07 bits per heavy atom. The predicted octanol–water partition coefficient (Wildman–Crippen LogP) is 2.36. The maximum absolute atomic E-state index is 8.92. The lowest BCUT2D eigenvalue weighted by molar-refractivity contribution is 0.275. The van der Waals surface area contributed by atoms with Crippen molar-refractivity contribution in [2.75, 3.05) is 13.7 Å². The molecule has 82 valence electrons. The van der Waals surface area contributed by atoms with Gasteiger partial charge in [-0.15, -0.1) is 0 Å². The lowest BCUT2D eigenvalue weighted by atomic mass is 9.94. The zero-order chi connectivity index (χ0) is 10.9. The van der Waals surface area contributed by atoms with Crippen molar-refractivity contribution < 1.29 is 9.84 Å². The predicted molar refractivity (Wildman–Crippen MR) is 60.2 cm³/mol. The van der Waals surface area contributed by atoms with E-state index in [1.54, 1.807) is 7.11 Å². The van der Waals surface area contributed by atoms with Crippen molar-refractivity contribution in [3.63, 3.8) is 0 Å². The highest BCUT2D eigenvalue weighted by molar-refractivity contribution is 5.36. The Hall–Kier alpha value is -1.02. The summed E-state index contributed by atoms with van der Waals surface area (Å²) in [4.78, 5) is 0. The van der Waals surface area contributed by atoms with Crippen LogP contribution in [0.2, 0.25) is 0 Å². The van der Waals surface area contributed by atoms with E-state index in [4.69, 9.17) is 9.84 Å². The molecule has 0 heterocycles. The highest BCUT2D eigenvalue weighted by atomic mass is 16.5. The van der Waals surface area contributed by atoms with Gasteiger partial charge in [0.25, 0.3) is 0 Å². The van der Waals surface area contributed by atoms with Crippen molar-refractivity contribution in [1.82, 2.24) is 0 Å². The molecule has 2 nitrogen and oxygen atoms in total. The van der Waals surface area contributed by atoms with Gasteiger partial charge in [0.15, 0.2) is 0 Å². The monoisotopic (exact) mass is 206 g/mol. The first kappa shape index (κ1) is 10.5. The molecule has 2 rings (SSSR count). The van der Waals surface area contributed by atoms with E-state index in [-0.39, 0.29) is 5.41 Å². The van der Waals surface area contributed by atoms with E-state index in [2.05, 4.69) is 19.1 Å². The van der Waals surface area contributed by atoms with E-state index in [1.165, 1.54) is 12.0 Å². The number of benzene rings is 1. The number of aliphatic hydroxyl groups excluding tert-OH is 1. The van der Waals surface area contributed by atoms with Crippen LogP contribution in [0.5, 0.6) is 5.75 Å². The molecule has 0 radical (unpaired) electrons. The highest BCUT2D eigenvalue weighted by Gasteiger charge is 2.50. The van der Waals surface area contributed by atoms with Gasteiger partial charge in [0.2, 0.25) is 0 Å².